The number of carbonyl (C=O) groups excluding carboxylic acids is 1. The maximum Gasteiger partial charge on any atom is 0.311 e. The fourth-order valence-electron chi connectivity index (χ4n) is 2.14. The topological polar surface area (TPSA) is 78.4 Å². The summed E-state index contributed by atoms with van der Waals surface area (Å²) in [7, 11) is 0. The third kappa shape index (κ3) is 3.85. The van der Waals surface area contributed by atoms with Crippen molar-refractivity contribution in [3.8, 4) is 0 Å². The number of rotatable bonds is 7. The Balaban J connectivity index is 2.34. The molecule has 1 aliphatic rings. The fraction of sp³-hybridized carbons (Fsp3) is 0.667. The molecule has 0 atom stereocenters. The third-order valence-corrected chi connectivity index (χ3v) is 3.21. The molecular formula is C12H20N2O3. The molecule has 1 saturated carbocycles. The van der Waals surface area contributed by atoms with E-state index in [1.54, 1.807) is 6.08 Å². The van der Waals surface area contributed by atoms with Gasteiger partial charge in [-0.3, -0.25) is 9.59 Å². The average molecular weight is 240 g/mol. The quantitative estimate of drug-likeness (QED) is 0.448. The van der Waals surface area contributed by atoms with Gasteiger partial charge < -0.3 is 15.7 Å². The van der Waals surface area contributed by atoms with Gasteiger partial charge in [0.15, 0.2) is 0 Å². The van der Waals surface area contributed by atoms with Crippen molar-refractivity contribution in [3.05, 3.63) is 12.7 Å². The molecule has 1 aliphatic carbocycles. The third-order valence-electron chi connectivity index (χ3n) is 3.21. The Morgan fingerprint density at radius 1 is 1.35 bits per heavy atom. The molecule has 17 heavy (non-hydrogen) atoms. The molecule has 1 fully saturated rings. The van der Waals surface area contributed by atoms with Crippen LogP contribution in [0.2, 0.25) is 0 Å². The minimum Gasteiger partial charge on any atom is -0.481 e. The van der Waals surface area contributed by atoms with E-state index >= 15 is 0 Å². The van der Waals surface area contributed by atoms with Crippen molar-refractivity contribution >= 4 is 11.9 Å². The summed E-state index contributed by atoms with van der Waals surface area (Å²) in [6.45, 7) is 4.53. The average Bonchev–Trinajstić information content (AvgIpc) is 2.77. The Morgan fingerprint density at radius 2 is 2.00 bits per heavy atom. The van der Waals surface area contributed by atoms with Gasteiger partial charge in [-0.15, -0.1) is 6.58 Å². The molecule has 0 unspecified atom stereocenters. The molecule has 0 spiro atoms. The lowest BCUT2D eigenvalue weighted by Gasteiger charge is -2.23. The Labute approximate surface area is 101 Å². The van der Waals surface area contributed by atoms with Crippen LogP contribution < -0.4 is 10.6 Å². The highest BCUT2D eigenvalue weighted by Gasteiger charge is 2.41. The SMILES string of the molecule is C=CCNCC(=O)NCC1(C(=O)O)CCCC1. The molecular weight excluding hydrogens is 220 g/mol. The Morgan fingerprint density at radius 3 is 2.53 bits per heavy atom. The zero-order chi connectivity index (χ0) is 12.7. The number of amides is 1. The molecule has 1 amide bonds. The summed E-state index contributed by atoms with van der Waals surface area (Å²) < 4.78 is 0. The molecule has 0 radical (unpaired) electrons. The summed E-state index contributed by atoms with van der Waals surface area (Å²) in [5.74, 6) is -0.964. The van der Waals surface area contributed by atoms with Crippen LogP contribution in [0.1, 0.15) is 25.7 Å². The van der Waals surface area contributed by atoms with Gasteiger partial charge in [0.05, 0.1) is 12.0 Å². The van der Waals surface area contributed by atoms with Crippen LogP contribution in [0, 0.1) is 5.41 Å². The maximum atomic E-state index is 11.4. The van der Waals surface area contributed by atoms with E-state index in [1.807, 2.05) is 0 Å². The summed E-state index contributed by atoms with van der Waals surface area (Å²) in [4.78, 5) is 22.7. The minimum atomic E-state index is -0.797. The second kappa shape index (κ2) is 6.39. The molecule has 0 heterocycles. The first kappa shape index (κ1) is 13.7. The Bertz CT molecular complexity index is 296. The number of carboxylic acids is 1. The molecule has 0 bridgehead atoms. The van der Waals surface area contributed by atoms with E-state index in [2.05, 4.69) is 17.2 Å². The van der Waals surface area contributed by atoms with Crippen LogP contribution >= 0.6 is 0 Å². The highest BCUT2D eigenvalue weighted by atomic mass is 16.4. The number of aliphatic carboxylic acids is 1. The predicted octanol–water partition coefficient (Wildman–Crippen LogP) is 0.523. The summed E-state index contributed by atoms with van der Waals surface area (Å²) in [6.07, 6.45) is 4.84. The normalized spacial score (nSPS) is 17.6. The largest absolute Gasteiger partial charge is 0.481 e. The van der Waals surface area contributed by atoms with E-state index in [0.717, 1.165) is 12.8 Å². The van der Waals surface area contributed by atoms with Gasteiger partial charge in [0.2, 0.25) is 5.91 Å². The Kier molecular flexibility index (Phi) is 5.15. The summed E-state index contributed by atoms with van der Waals surface area (Å²) in [6, 6.07) is 0. The molecule has 1 rings (SSSR count). The second-order valence-electron chi connectivity index (χ2n) is 4.49. The van der Waals surface area contributed by atoms with Crippen LogP contribution in [0.3, 0.4) is 0 Å². The molecule has 96 valence electrons. The van der Waals surface area contributed by atoms with E-state index in [0.29, 0.717) is 19.4 Å². The number of nitrogens with one attached hydrogen (secondary N) is 2. The van der Waals surface area contributed by atoms with Crippen molar-refractivity contribution in [1.29, 1.82) is 0 Å². The van der Waals surface area contributed by atoms with Gasteiger partial charge >= 0.3 is 5.97 Å². The van der Waals surface area contributed by atoms with Gasteiger partial charge in [-0.1, -0.05) is 18.9 Å². The van der Waals surface area contributed by atoms with Gasteiger partial charge in [-0.25, -0.2) is 0 Å². The highest BCUT2D eigenvalue weighted by molar-refractivity contribution is 5.80. The van der Waals surface area contributed by atoms with E-state index in [9.17, 15) is 14.7 Å². The first-order chi connectivity index (χ1) is 8.10. The Hall–Kier alpha value is -1.36. The van der Waals surface area contributed by atoms with Gasteiger partial charge in [0.25, 0.3) is 0 Å². The van der Waals surface area contributed by atoms with E-state index in [-0.39, 0.29) is 19.0 Å². The van der Waals surface area contributed by atoms with Crippen molar-refractivity contribution in [3.63, 3.8) is 0 Å². The predicted molar refractivity (Wildman–Crippen MR) is 64.6 cm³/mol. The minimum absolute atomic E-state index is 0.167. The van der Waals surface area contributed by atoms with Crippen molar-refractivity contribution in [2.75, 3.05) is 19.6 Å². The molecule has 0 aromatic heterocycles. The van der Waals surface area contributed by atoms with Crippen LogP contribution in [0.25, 0.3) is 0 Å². The number of carbonyl (C=O) groups is 2. The smallest absolute Gasteiger partial charge is 0.311 e. The lowest BCUT2D eigenvalue weighted by Crippen LogP contribution is -2.43. The zero-order valence-corrected chi connectivity index (χ0v) is 10.00. The maximum absolute atomic E-state index is 11.4. The molecule has 0 aromatic carbocycles. The van der Waals surface area contributed by atoms with Crippen molar-refractivity contribution in [1.82, 2.24) is 10.6 Å². The monoisotopic (exact) mass is 240 g/mol. The molecule has 0 aliphatic heterocycles. The number of hydrogen-bond acceptors (Lipinski definition) is 3. The lowest BCUT2D eigenvalue weighted by molar-refractivity contribution is -0.148. The van der Waals surface area contributed by atoms with E-state index in [1.165, 1.54) is 0 Å². The van der Waals surface area contributed by atoms with Crippen molar-refractivity contribution in [2.24, 2.45) is 5.41 Å². The first-order valence-electron chi connectivity index (χ1n) is 5.92. The van der Waals surface area contributed by atoms with Crippen LogP contribution in [0.4, 0.5) is 0 Å². The molecule has 5 nitrogen and oxygen atoms in total. The zero-order valence-electron chi connectivity index (χ0n) is 10.00. The lowest BCUT2D eigenvalue weighted by atomic mass is 9.86. The van der Waals surface area contributed by atoms with Crippen LogP contribution in [0.5, 0.6) is 0 Å². The van der Waals surface area contributed by atoms with Crippen LogP contribution in [0.15, 0.2) is 12.7 Å². The standard InChI is InChI=1S/C12H20N2O3/c1-2-7-13-8-10(15)14-9-12(11(16)17)5-3-4-6-12/h2,13H,1,3-9H2,(H,14,15)(H,16,17). The van der Waals surface area contributed by atoms with Crippen LogP contribution in [-0.2, 0) is 9.59 Å². The van der Waals surface area contributed by atoms with Gasteiger partial charge in [0.1, 0.15) is 0 Å². The van der Waals surface area contributed by atoms with E-state index < -0.39 is 11.4 Å². The first-order valence-corrected chi connectivity index (χ1v) is 5.92. The number of carboxylic acid groups (broad SMARTS) is 1. The van der Waals surface area contributed by atoms with Crippen molar-refractivity contribution in [2.45, 2.75) is 25.7 Å². The molecule has 3 N–H and O–H groups in total. The highest BCUT2D eigenvalue weighted by Crippen LogP contribution is 2.37. The van der Waals surface area contributed by atoms with Gasteiger partial charge in [-0.05, 0) is 12.8 Å². The molecule has 0 aromatic rings. The second-order valence-corrected chi connectivity index (χ2v) is 4.49. The fourth-order valence-corrected chi connectivity index (χ4v) is 2.14. The van der Waals surface area contributed by atoms with E-state index in [4.69, 9.17) is 0 Å². The summed E-state index contributed by atoms with van der Waals surface area (Å²) in [5.41, 5.74) is -0.742. The summed E-state index contributed by atoms with van der Waals surface area (Å²) >= 11 is 0. The molecule has 0 saturated heterocycles. The summed E-state index contributed by atoms with van der Waals surface area (Å²) in [5, 5.41) is 14.8. The van der Waals surface area contributed by atoms with Crippen molar-refractivity contribution < 1.29 is 14.7 Å². The van der Waals surface area contributed by atoms with Gasteiger partial charge in [0, 0.05) is 13.1 Å². The van der Waals surface area contributed by atoms with Gasteiger partial charge in [-0.2, -0.15) is 0 Å². The molecule has 5 heteroatoms. The number of hydrogen-bond donors (Lipinski definition) is 3. The van der Waals surface area contributed by atoms with Crippen LogP contribution in [-0.4, -0.2) is 36.6 Å².